The van der Waals surface area contributed by atoms with Crippen molar-refractivity contribution in [3.05, 3.63) is 36.4 Å². The van der Waals surface area contributed by atoms with Crippen LogP contribution in [0.2, 0.25) is 0 Å². The van der Waals surface area contributed by atoms with Gasteiger partial charge < -0.3 is 9.47 Å². The van der Waals surface area contributed by atoms with Gasteiger partial charge in [-0.15, -0.1) is 6.58 Å². The maximum absolute atomic E-state index is 10.9. The smallest absolute Gasteiger partial charge is 0.308 e. The average molecular weight is 206 g/mol. The molecular weight excluding hydrogens is 192 g/mol. The number of benzene rings is 1. The minimum absolute atomic E-state index is 0.339. The van der Waals surface area contributed by atoms with E-state index in [9.17, 15) is 4.79 Å². The van der Waals surface area contributed by atoms with Crippen molar-refractivity contribution < 1.29 is 14.3 Å². The van der Waals surface area contributed by atoms with E-state index in [0.717, 1.165) is 5.56 Å². The summed E-state index contributed by atoms with van der Waals surface area (Å²) < 4.78 is 10.3. The number of carbonyl (C=O) groups excluding carboxylic acids is 1. The molecule has 0 aliphatic heterocycles. The van der Waals surface area contributed by atoms with Crippen molar-refractivity contribution in [1.29, 1.82) is 0 Å². The van der Waals surface area contributed by atoms with Crippen molar-refractivity contribution in [1.82, 2.24) is 0 Å². The molecule has 0 spiro atoms. The standard InChI is InChI=1S/C12H14O3/c1-4-6-10-11(14-3)7-5-8-12(10)15-9(2)13/h4-5,7-8H,1,6H2,2-3H3. The van der Waals surface area contributed by atoms with Gasteiger partial charge in [0.25, 0.3) is 0 Å². The number of rotatable bonds is 4. The number of carbonyl (C=O) groups is 1. The van der Waals surface area contributed by atoms with Crippen LogP contribution in [-0.2, 0) is 11.2 Å². The van der Waals surface area contributed by atoms with Crippen LogP contribution in [0, 0.1) is 0 Å². The number of hydrogen-bond donors (Lipinski definition) is 0. The number of allylic oxidation sites excluding steroid dienone is 1. The van der Waals surface area contributed by atoms with E-state index in [-0.39, 0.29) is 5.97 Å². The Bertz CT molecular complexity index is 369. The summed E-state index contributed by atoms with van der Waals surface area (Å²) in [7, 11) is 1.58. The third kappa shape index (κ3) is 2.84. The second-order valence-electron chi connectivity index (χ2n) is 3.02. The molecule has 1 rings (SSSR count). The van der Waals surface area contributed by atoms with Gasteiger partial charge in [0.15, 0.2) is 0 Å². The van der Waals surface area contributed by atoms with Crippen LogP contribution in [0.5, 0.6) is 11.5 Å². The van der Waals surface area contributed by atoms with Gasteiger partial charge in [0.1, 0.15) is 11.5 Å². The summed E-state index contributed by atoms with van der Waals surface area (Å²) in [5, 5.41) is 0. The zero-order chi connectivity index (χ0) is 11.3. The van der Waals surface area contributed by atoms with Crippen LogP contribution >= 0.6 is 0 Å². The van der Waals surface area contributed by atoms with E-state index in [4.69, 9.17) is 9.47 Å². The van der Waals surface area contributed by atoms with E-state index in [0.29, 0.717) is 17.9 Å². The van der Waals surface area contributed by atoms with Gasteiger partial charge in [0, 0.05) is 12.5 Å². The third-order valence-electron chi connectivity index (χ3n) is 1.91. The van der Waals surface area contributed by atoms with Gasteiger partial charge in [-0.05, 0) is 18.6 Å². The number of esters is 1. The Labute approximate surface area is 89.3 Å². The average Bonchev–Trinajstić information content (AvgIpc) is 2.20. The minimum Gasteiger partial charge on any atom is -0.496 e. The van der Waals surface area contributed by atoms with Crippen LogP contribution in [0.15, 0.2) is 30.9 Å². The molecule has 3 heteroatoms. The number of hydrogen-bond acceptors (Lipinski definition) is 3. The van der Waals surface area contributed by atoms with Gasteiger partial charge >= 0.3 is 5.97 Å². The summed E-state index contributed by atoms with van der Waals surface area (Å²) in [5.74, 6) is 0.893. The zero-order valence-electron chi connectivity index (χ0n) is 8.95. The van der Waals surface area contributed by atoms with Gasteiger partial charge in [-0.1, -0.05) is 12.1 Å². The molecule has 0 N–H and O–H groups in total. The summed E-state index contributed by atoms with van der Waals surface area (Å²) in [6.07, 6.45) is 2.34. The molecule has 0 bridgehead atoms. The largest absolute Gasteiger partial charge is 0.496 e. The molecule has 1 aromatic carbocycles. The Hall–Kier alpha value is -1.77. The molecule has 0 aliphatic rings. The molecule has 15 heavy (non-hydrogen) atoms. The van der Waals surface area contributed by atoms with E-state index in [1.54, 1.807) is 25.3 Å². The highest BCUT2D eigenvalue weighted by molar-refractivity contribution is 5.70. The molecule has 0 aliphatic carbocycles. The van der Waals surface area contributed by atoms with E-state index in [2.05, 4.69) is 6.58 Å². The summed E-state index contributed by atoms with van der Waals surface area (Å²) in [6, 6.07) is 5.35. The summed E-state index contributed by atoms with van der Waals surface area (Å²) in [4.78, 5) is 10.9. The van der Waals surface area contributed by atoms with Crippen molar-refractivity contribution in [2.45, 2.75) is 13.3 Å². The van der Waals surface area contributed by atoms with Crippen molar-refractivity contribution in [3.8, 4) is 11.5 Å². The van der Waals surface area contributed by atoms with Gasteiger partial charge in [-0.25, -0.2) is 0 Å². The molecule has 0 fully saturated rings. The quantitative estimate of drug-likeness (QED) is 0.431. The number of methoxy groups -OCH3 is 1. The van der Waals surface area contributed by atoms with Gasteiger partial charge in [-0.3, -0.25) is 4.79 Å². The first-order chi connectivity index (χ1) is 7.19. The molecule has 0 aromatic heterocycles. The highest BCUT2D eigenvalue weighted by Gasteiger charge is 2.10. The maximum atomic E-state index is 10.9. The van der Waals surface area contributed by atoms with Gasteiger partial charge in [-0.2, -0.15) is 0 Å². The van der Waals surface area contributed by atoms with Crippen LogP contribution in [0.1, 0.15) is 12.5 Å². The van der Waals surface area contributed by atoms with Crippen LogP contribution in [0.25, 0.3) is 0 Å². The highest BCUT2D eigenvalue weighted by atomic mass is 16.5. The molecule has 0 amide bonds. The Balaban J connectivity index is 3.11. The lowest BCUT2D eigenvalue weighted by Crippen LogP contribution is -2.04. The molecule has 0 atom stereocenters. The minimum atomic E-state index is -0.339. The third-order valence-corrected chi connectivity index (χ3v) is 1.91. The normalized spacial score (nSPS) is 9.47. The molecule has 1 aromatic rings. The summed E-state index contributed by atoms with van der Waals surface area (Å²) in [6.45, 7) is 5.03. The van der Waals surface area contributed by atoms with Crippen molar-refractivity contribution in [2.24, 2.45) is 0 Å². The van der Waals surface area contributed by atoms with Crippen molar-refractivity contribution >= 4 is 5.97 Å². The van der Waals surface area contributed by atoms with E-state index < -0.39 is 0 Å². The first-order valence-corrected chi connectivity index (χ1v) is 4.64. The first-order valence-electron chi connectivity index (χ1n) is 4.64. The molecular formula is C12H14O3. The molecule has 0 saturated carbocycles. The Morgan fingerprint density at radius 2 is 2.13 bits per heavy atom. The fraction of sp³-hybridized carbons (Fsp3) is 0.250. The predicted octanol–water partition coefficient (Wildman–Crippen LogP) is 2.35. The number of ether oxygens (including phenoxy) is 2. The van der Waals surface area contributed by atoms with E-state index in [1.807, 2.05) is 6.07 Å². The molecule has 0 saturated heterocycles. The van der Waals surface area contributed by atoms with Crippen molar-refractivity contribution in [2.75, 3.05) is 7.11 Å². The SMILES string of the molecule is C=CCc1c(OC)cccc1OC(C)=O. The fourth-order valence-corrected chi connectivity index (χ4v) is 1.33. The van der Waals surface area contributed by atoms with E-state index in [1.165, 1.54) is 6.92 Å². The predicted molar refractivity (Wildman–Crippen MR) is 58.2 cm³/mol. The highest BCUT2D eigenvalue weighted by Crippen LogP contribution is 2.29. The second-order valence-corrected chi connectivity index (χ2v) is 3.02. The zero-order valence-corrected chi connectivity index (χ0v) is 8.95. The topological polar surface area (TPSA) is 35.5 Å². The Morgan fingerprint density at radius 1 is 1.47 bits per heavy atom. The lowest BCUT2D eigenvalue weighted by atomic mass is 10.1. The first kappa shape index (κ1) is 11.3. The van der Waals surface area contributed by atoms with Crippen LogP contribution in [-0.4, -0.2) is 13.1 Å². The van der Waals surface area contributed by atoms with Gasteiger partial charge in [0.2, 0.25) is 0 Å². The Morgan fingerprint density at radius 3 is 2.67 bits per heavy atom. The molecule has 3 nitrogen and oxygen atoms in total. The van der Waals surface area contributed by atoms with Gasteiger partial charge in [0.05, 0.1) is 7.11 Å². The monoisotopic (exact) mass is 206 g/mol. The van der Waals surface area contributed by atoms with E-state index >= 15 is 0 Å². The summed E-state index contributed by atoms with van der Waals surface area (Å²) >= 11 is 0. The molecule has 0 unspecified atom stereocenters. The van der Waals surface area contributed by atoms with Crippen LogP contribution in [0.4, 0.5) is 0 Å². The fourth-order valence-electron chi connectivity index (χ4n) is 1.33. The Kier molecular flexibility index (Phi) is 3.92. The summed E-state index contributed by atoms with van der Waals surface area (Å²) in [5.41, 5.74) is 0.838. The van der Waals surface area contributed by atoms with Crippen LogP contribution in [0.3, 0.4) is 0 Å². The lowest BCUT2D eigenvalue weighted by molar-refractivity contribution is -0.131. The van der Waals surface area contributed by atoms with Crippen LogP contribution < -0.4 is 9.47 Å². The maximum Gasteiger partial charge on any atom is 0.308 e. The second kappa shape index (κ2) is 5.20. The van der Waals surface area contributed by atoms with Crippen molar-refractivity contribution in [3.63, 3.8) is 0 Å². The lowest BCUT2D eigenvalue weighted by Gasteiger charge is -2.11. The molecule has 0 heterocycles. The molecule has 80 valence electrons. The molecule has 0 radical (unpaired) electrons.